The zero-order valence-corrected chi connectivity index (χ0v) is 24.6. The van der Waals surface area contributed by atoms with Crippen LogP contribution in [0, 0.1) is 13.8 Å². The van der Waals surface area contributed by atoms with Gasteiger partial charge in [-0.15, -0.1) is 0 Å². The molecule has 4 N–H and O–H groups in total. The maximum atomic E-state index is 14.1. The van der Waals surface area contributed by atoms with Crippen LogP contribution in [0.4, 0.5) is 10.5 Å². The Hall–Kier alpha value is -3.59. The van der Waals surface area contributed by atoms with Crippen molar-refractivity contribution in [2.24, 2.45) is 5.73 Å². The molecule has 2 unspecified atom stereocenters. The highest BCUT2D eigenvalue weighted by Crippen LogP contribution is 2.33. The number of hydrogen-bond acceptors (Lipinski definition) is 5. The fraction of sp³-hybridized carbons (Fsp3) is 0.448. The summed E-state index contributed by atoms with van der Waals surface area (Å²) >= 11 is 6.39. The number of hydrogen-bond donors (Lipinski definition) is 3. The summed E-state index contributed by atoms with van der Waals surface area (Å²) < 4.78 is 5.31. The van der Waals surface area contributed by atoms with E-state index >= 15 is 0 Å². The molecular weight excluding hydrogens is 520 g/mol. The summed E-state index contributed by atoms with van der Waals surface area (Å²) in [6.45, 7) is 14.0. The first-order valence-electron chi connectivity index (χ1n) is 12.6. The lowest BCUT2D eigenvalue weighted by Crippen LogP contribution is -2.58. The van der Waals surface area contributed by atoms with Crippen LogP contribution in [0.2, 0.25) is 5.02 Å². The maximum Gasteiger partial charge on any atom is 0.408 e. The lowest BCUT2D eigenvalue weighted by Gasteiger charge is -2.43. The summed E-state index contributed by atoms with van der Waals surface area (Å²) in [6, 6.07) is 9.90. The minimum Gasteiger partial charge on any atom is -0.444 e. The third-order valence-corrected chi connectivity index (χ3v) is 6.04. The third kappa shape index (κ3) is 8.99. The molecule has 0 fully saturated rings. The van der Waals surface area contributed by atoms with Crippen LogP contribution < -0.4 is 16.4 Å². The van der Waals surface area contributed by atoms with E-state index in [-0.39, 0.29) is 0 Å². The SMILES string of the molecule is Cc1ccc(C(C(=O)Nc2c(C)cccc2Cl)N(C(=O)C(CC(N)=O)NC(=O)OC(C)(C)C)C(C)(C)C)cc1. The first-order valence-corrected chi connectivity index (χ1v) is 13.0. The molecule has 0 aliphatic rings. The molecule has 0 saturated heterocycles. The second-order valence-electron chi connectivity index (χ2n) is 11.5. The Balaban J connectivity index is 2.63. The number of amides is 4. The summed E-state index contributed by atoms with van der Waals surface area (Å²) in [5, 5.41) is 5.70. The van der Waals surface area contributed by atoms with Crippen molar-refractivity contribution in [1.29, 1.82) is 0 Å². The van der Waals surface area contributed by atoms with Crippen LogP contribution in [0.5, 0.6) is 0 Å². The number of nitrogens with two attached hydrogens (primary N) is 1. The molecule has 2 rings (SSSR count). The van der Waals surface area contributed by atoms with E-state index in [4.69, 9.17) is 22.1 Å². The zero-order valence-electron chi connectivity index (χ0n) is 23.8. The molecule has 0 bridgehead atoms. The zero-order chi connectivity index (χ0) is 29.7. The van der Waals surface area contributed by atoms with Gasteiger partial charge in [0.2, 0.25) is 11.8 Å². The van der Waals surface area contributed by atoms with E-state index in [0.717, 1.165) is 11.1 Å². The second kappa shape index (κ2) is 12.5. The average molecular weight is 559 g/mol. The molecule has 2 aromatic carbocycles. The van der Waals surface area contributed by atoms with E-state index in [2.05, 4.69) is 10.6 Å². The summed E-state index contributed by atoms with van der Waals surface area (Å²) in [6.07, 6.45) is -1.38. The maximum absolute atomic E-state index is 14.1. The summed E-state index contributed by atoms with van der Waals surface area (Å²) in [5.41, 5.74) is 6.32. The topological polar surface area (TPSA) is 131 Å². The number of aryl methyl sites for hydroxylation is 2. The van der Waals surface area contributed by atoms with Gasteiger partial charge in [0, 0.05) is 5.54 Å². The quantitative estimate of drug-likeness (QED) is 0.418. The molecule has 2 aromatic rings. The molecular formula is C29H39ClN4O5. The Kier molecular flexibility index (Phi) is 10.1. The number of carbonyl (C=O) groups is 4. The van der Waals surface area contributed by atoms with Crippen molar-refractivity contribution in [2.45, 2.75) is 85.0 Å². The number of halogens is 1. The van der Waals surface area contributed by atoms with Crippen LogP contribution in [-0.2, 0) is 19.1 Å². The lowest BCUT2D eigenvalue weighted by molar-refractivity contribution is -0.147. The molecule has 2 atom stereocenters. The van der Waals surface area contributed by atoms with Gasteiger partial charge in [-0.05, 0) is 72.6 Å². The molecule has 0 heterocycles. The van der Waals surface area contributed by atoms with Gasteiger partial charge in [0.05, 0.1) is 17.1 Å². The van der Waals surface area contributed by atoms with Gasteiger partial charge in [-0.3, -0.25) is 14.4 Å². The van der Waals surface area contributed by atoms with Gasteiger partial charge in [-0.1, -0.05) is 53.6 Å². The molecule has 4 amide bonds. The highest BCUT2D eigenvalue weighted by molar-refractivity contribution is 6.34. The van der Waals surface area contributed by atoms with Gasteiger partial charge in [-0.25, -0.2) is 4.79 Å². The van der Waals surface area contributed by atoms with Crippen molar-refractivity contribution in [1.82, 2.24) is 10.2 Å². The highest BCUT2D eigenvalue weighted by atomic mass is 35.5. The predicted octanol–water partition coefficient (Wildman–Crippen LogP) is 5.03. The number of anilines is 1. The molecule has 0 radical (unpaired) electrons. The summed E-state index contributed by atoms with van der Waals surface area (Å²) in [4.78, 5) is 54.0. The van der Waals surface area contributed by atoms with Crippen molar-refractivity contribution in [3.63, 3.8) is 0 Å². The summed E-state index contributed by atoms with van der Waals surface area (Å²) in [5.74, 6) is -2.00. The molecule has 0 saturated carbocycles. The number of nitrogens with zero attached hydrogens (tertiary/aromatic N) is 1. The first kappa shape index (κ1) is 31.6. The van der Waals surface area contributed by atoms with Gasteiger partial charge in [0.15, 0.2) is 0 Å². The van der Waals surface area contributed by atoms with E-state index in [1.165, 1.54) is 4.90 Å². The molecule has 39 heavy (non-hydrogen) atoms. The Morgan fingerprint density at radius 1 is 0.974 bits per heavy atom. The van der Waals surface area contributed by atoms with E-state index in [0.29, 0.717) is 16.3 Å². The van der Waals surface area contributed by atoms with Crippen molar-refractivity contribution in [3.05, 3.63) is 64.2 Å². The van der Waals surface area contributed by atoms with Crippen LogP contribution >= 0.6 is 11.6 Å². The fourth-order valence-corrected chi connectivity index (χ4v) is 4.28. The minimum absolute atomic E-state index is 0.345. The fourth-order valence-electron chi connectivity index (χ4n) is 4.01. The minimum atomic E-state index is -1.38. The van der Waals surface area contributed by atoms with Gasteiger partial charge < -0.3 is 26.0 Å². The van der Waals surface area contributed by atoms with Crippen LogP contribution in [-0.4, -0.2) is 45.9 Å². The average Bonchev–Trinajstić information content (AvgIpc) is 2.77. The van der Waals surface area contributed by atoms with Crippen LogP contribution in [0.1, 0.15) is 70.7 Å². The molecule has 0 aromatic heterocycles. The van der Waals surface area contributed by atoms with Crippen molar-refractivity contribution >= 4 is 41.1 Å². The predicted molar refractivity (Wildman–Crippen MR) is 152 cm³/mol. The number of alkyl carbamates (subject to hydrolysis) is 1. The van der Waals surface area contributed by atoms with Crippen molar-refractivity contribution in [3.8, 4) is 0 Å². The van der Waals surface area contributed by atoms with Gasteiger partial charge in [0.1, 0.15) is 17.7 Å². The van der Waals surface area contributed by atoms with E-state index < -0.39 is 53.5 Å². The van der Waals surface area contributed by atoms with Crippen LogP contribution in [0.15, 0.2) is 42.5 Å². The van der Waals surface area contributed by atoms with Gasteiger partial charge in [-0.2, -0.15) is 0 Å². The Labute approximate surface area is 235 Å². The lowest BCUT2D eigenvalue weighted by atomic mass is 9.94. The van der Waals surface area contributed by atoms with E-state index in [1.54, 1.807) is 65.8 Å². The Morgan fingerprint density at radius 2 is 1.56 bits per heavy atom. The molecule has 0 spiro atoms. The Morgan fingerprint density at radius 3 is 2.05 bits per heavy atom. The van der Waals surface area contributed by atoms with Crippen molar-refractivity contribution < 1.29 is 23.9 Å². The molecule has 212 valence electrons. The normalized spacial score (nSPS) is 13.2. The number of ether oxygens (including phenoxy) is 1. The summed E-state index contributed by atoms with van der Waals surface area (Å²) in [7, 11) is 0. The standard InChI is InChI=1S/C29H39ClN4O5/c1-17-12-14-19(15-13-17)24(25(36)33-23-18(2)10-9-11-20(23)30)34(28(3,4)5)26(37)21(16-22(31)35)32-27(38)39-29(6,7)8/h9-15,21,24H,16H2,1-8H3,(H2,31,35)(H,32,38)(H,33,36). The van der Waals surface area contributed by atoms with Crippen LogP contribution in [0.25, 0.3) is 0 Å². The molecule has 0 aliphatic carbocycles. The second-order valence-corrected chi connectivity index (χ2v) is 11.9. The van der Waals surface area contributed by atoms with E-state index in [1.807, 2.05) is 32.0 Å². The first-order chi connectivity index (χ1) is 17.9. The molecule has 10 heteroatoms. The third-order valence-electron chi connectivity index (χ3n) is 5.72. The number of rotatable bonds is 8. The number of benzene rings is 2. The monoisotopic (exact) mass is 558 g/mol. The Bertz CT molecular complexity index is 1200. The van der Waals surface area contributed by atoms with Gasteiger partial charge in [0.25, 0.3) is 5.91 Å². The molecule has 9 nitrogen and oxygen atoms in total. The number of primary amides is 1. The van der Waals surface area contributed by atoms with Crippen molar-refractivity contribution in [2.75, 3.05) is 5.32 Å². The number of carbonyl (C=O) groups excluding carboxylic acids is 4. The number of nitrogens with one attached hydrogen (secondary N) is 2. The smallest absolute Gasteiger partial charge is 0.408 e. The molecule has 0 aliphatic heterocycles. The largest absolute Gasteiger partial charge is 0.444 e. The van der Waals surface area contributed by atoms with E-state index in [9.17, 15) is 19.2 Å². The highest BCUT2D eigenvalue weighted by Gasteiger charge is 2.42. The van der Waals surface area contributed by atoms with Gasteiger partial charge >= 0.3 is 6.09 Å². The number of para-hydroxylation sites is 1. The van der Waals surface area contributed by atoms with Crippen LogP contribution in [0.3, 0.4) is 0 Å².